The molecule has 0 aliphatic carbocycles. The van der Waals surface area contributed by atoms with E-state index >= 15 is 0 Å². The molecule has 0 unspecified atom stereocenters. The van der Waals surface area contributed by atoms with Crippen LogP contribution in [0.5, 0.6) is 0 Å². The Bertz CT molecular complexity index is 421. The number of hydrogen-bond donors (Lipinski definition) is 0. The van der Waals surface area contributed by atoms with Crippen LogP contribution in [0, 0.1) is 0 Å². The van der Waals surface area contributed by atoms with Gasteiger partial charge in [0, 0.05) is 30.5 Å². The Hall–Kier alpha value is -1.42. The predicted molar refractivity (Wildman–Crippen MR) is 76.6 cm³/mol. The molecule has 0 aliphatic rings. The van der Waals surface area contributed by atoms with Crippen molar-refractivity contribution in [1.82, 2.24) is 4.98 Å². The Balaban J connectivity index is 2.99. The van der Waals surface area contributed by atoms with Crippen molar-refractivity contribution in [3.8, 4) is 0 Å². The first kappa shape index (κ1) is 14.6. The van der Waals surface area contributed by atoms with Crippen molar-refractivity contribution in [2.75, 3.05) is 0 Å². The van der Waals surface area contributed by atoms with E-state index in [9.17, 15) is 4.79 Å². The molecule has 0 fully saturated rings. The molecule has 0 radical (unpaired) electrons. The second-order valence-electron chi connectivity index (χ2n) is 5.18. The average molecular weight is 263 g/mol. The highest BCUT2D eigenvalue weighted by Gasteiger charge is 2.19. The fourth-order valence-corrected chi connectivity index (χ4v) is 2.31. The van der Waals surface area contributed by atoms with Crippen LogP contribution < -0.4 is 0 Å². The Morgan fingerprint density at radius 2 is 2.17 bits per heavy atom. The van der Waals surface area contributed by atoms with Crippen molar-refractivity contribution in [1.29, 1.82) is 0 Å². The Kier molecular flexibility index (Phi) is 5.28. The number of hydrogen-bond acceptors (Lipinski definition) is 3. The molecule has 0 aliphatic heterocycles. The summed E-state index contributed by atoms with van der Waals surface area (Å²) in [6.07, 6.45) is 6.45. The van der Waals surface area contributed by atoms with Crippen molar-refractivity contribution in [2.45, 2.75) is 39.4 Å². The fraction of sp³-hybridized carbons (Fsp3) is 0.429. The summed E-state index contributed by atoms with van der Waals surface area (Å²) >= 11 is 0. The van der Waals surface area contributed by atoms with E-state index in [-0.39, 0.29) is 5.78 Å². The van der Waals surface area contributed by atoms with E-state index in [1.165, 1.54) is 0 Å². The largest absolute Gasteiger partial charge is 0.544 e. The zero-order valence-corrected chi connectivity index (χ0v) is 12.6. The van der Waals surface area contributed by atoms with Gasteiger partial charge in [0.1, 0.15) is 5.76 Å². The third kappa shape index (κ3) is 5.27. The van der Waals surface area contributed by atoms with Gasteiger partial charge in [-0.2, -0.15) is 0 Å². The minimum absolute atomic E-state index is 0.106. The van der Waals surface area contributed by atoms with Gasteiger partial charge in [-0.15, -0.1) is 0 Å². The summed E-state index contributed by atoms with van der Waals surface area (Å²) in [7, 11) is -1.74. The molecule has 0 atom stereocenters. The lowest BCUT2D eigenvalue weighted by Gasteiger charge is -2.21. The molecule has 0 amide bonds. The van der Waals surface area contributed by atoms with E-state index in [4.69, 9.17) is 4.43 Å². The van der Waals surface area contributed by atoms with Crippen molar-refractivity contribution in [3.63, 3.8) is 0 Å². The molecule has 98 valence electrons. The van der Waals surface area contributed by atoms with Gasteiger partial charge in [-0.3, -0.25) is 9.78 Å². The van der Waals surface area contributed by atoms with Gasteiger partial charge in [-0.1, -0.05) is 6.92 Å². The number of carbonyl (C=O) groups excluding carboxylic acids is 1. The van der Waals surface area contributed by atoms with Gasteiger partial charge in [0.15, 0.2) is 5.78 Å². The number of allylic oxidation sites excluding steroid dienone is 1. The van der Waals surface area contributed by atoms with Gasteiger partial charge in [0.25, 0.3) is 0 Å². The van der Waals surface area contributed by atoms with Gasteiger partial charge < -0.3 is 4.43 Å². The molecule has 0 saturated heterocycles. The molecule has 1 heterocycles. The first-order valence-electron chi connectivity index (χ1n) is 6.26. The van der Waals surface area contributed by atoms with Crippen LogP contribution in [0.3, 0.4) is 0 Å². The van der Waals surface area contributed by atoms with Gasteiger partial charge in [-0.05, 0) is 38.2 Å². The van der Waals surface area contributed by atoms with E-state index in [1.807, 2.05) is 19.1 Å². The molecule has 1 aromatic heterocycles. The molecule has 0 aromatic carbocycles. The number of nitrogens with zero attached hydrogens (tertiary/aromatic N) is 1. The number of pyridine rings is 1. The van der Waals surface area contributed by atoms with Crippen LogP contribution in [0.2, 0.25) is 19.6 Å². The van der Waals surface area contributed by atoms with E-state index in [0.29, 0.717) is 12.2 Å². The summed E-state index contributed by atoms with van der Waals surface area (Å²) in [6.45, 7) is 8.29. The summed E-state index contributed by atoms with van der Waals surface area (Å²) in [6, 6.07) is 3.76. The molecular weight excluding hydrogens is 242 g/mol. The number of carbonyl (C=O) groups is 1. The Labute approximate surface area is 110 Å². The van der Waals surface area contributed by atoms with Crippen LogP contribution in [-0.4, -0.2) is 19.1 Å². The first-order valence-corrected chi connectivity index (χ1v) is 9.67. The van der Waals surface area contributed by atoms with E-state index in [0.717, 1.165) is 12.0 Å². The van der Waals surface area contributed by atoms with Gasteiger partial charge >= 0.3 is 0 Å². The van der Waals surface area contributed by atoms with Gasteiger partial charge in [0.2, 0.25) is 8.32 Å². The van der Waals surface area contributed by atoms with Crippen molar-refractivity contribution < 1.29 is 9.22 Å². The van der Waals surface area contributed by atoms with Gasteiger partial charge in [0.05, 0.1) is 0 Å². The summed E-state index contributed by atoms with van der Waals surface area (Å²) < 4.78 is 5.98. The summed E-state index contributed by atoms with van der Waals surface area (Å²) in [5.41, 5.74) is 0.865. The zero-order valence-electron chi connectivity index (χ0n) is 11.6. The lowest BCUT2D eigenvalue weighted by Crippen LogP contribution is -2.24. The normalized spacial score (nSPS) is 12.3. The topological polar surface area (TPSA) is 39.2 Å². The van der Waals surface area contributed by atoms with Crippen molar-refractivity contribution in [2.24, 2.45) is 0 Å². The second kappa shape index (κ2) is 6.49. The zero-order chi connectivity index (χ0) is 13.6. The number of aromatic nitrogens is 1. The lowest BCUT2D eigenvalue weighted by molar-refractivity contribution is -0.114. The van der Waals surface area contributed by atoms with Crippen LogP contribution in [0.25, 0.3) is 5.76 Å². The molecule has 1 rings (SSSR count). The van der Waals surface area contributed by atoms with Crippen molar-refractivity contribution in [3.05, 3.63) is 36.2 Å². The molecule has 0 N–H and O–H groups in total. The first-order chi connectivity index (χ1) is 8.42. The van der Waals surface area contributed by atoms with Crippen molar-refractivity contribution >= 4 is 19.9 Å². The minimum atomic E-state index is -1.74. The van der Waals surface area contributed by atoms with E-state index in [2.05, 4.69) is 24.6 Å². The smallest absolute Gasteiger partial charge is 0.242 e. The number of rotatable bonds is 6. The van der Waals surface area contributed by atoms with Crippen LogP contribution in [0.4, 0.5) is 0 Å². The van der Waals surface area contributed by atoms with E-state index in [1.54, 1.807) is 18.5 Å². The van der Waals surface area contributed by atoms with Crippen LogP contribution in [0.1, 0.15) is 25.3 Å². The molecule has 1 aromatic rings. The summed E-state index contributed by atoms with van der Waals surface area (Å²) in [4.78, 5) is 15.8. The monoisotopic (exact) mass is 263 g/mol. The predicted octanol–water partition coefficient (Wildman–Crippen LogP) is 3.64. The van der Waals surface area contributed by atoms with Crippen LogP contribution in [-0.2, 0) is 9.22 Å². The van der Waals surface area contributed by atoms with E-state index < -0.39 is 8.32 Å². The SMILES string of the molecule is CCCC(=O)/C=C(/O[Si](C)(C)C)c1cccnc1. The molecular formula is C14H21NO2Si. The molecule has 4 heteroatoms. The quantitative estimate of drug-likeness (QED) is 0.447. The maximum atomic E-state index is 11.8. The fourth-order valence-electron chi connectivity index (χ4n) is 1.47. The minimum Gasteiger partial charge on any atom is -0.544 e. The average Bonchev–Trinajstić information content (AvgIpc) is 2.28. The lowest BCUT2D eigenvalue weighted by atomic mass is 10.1. The van der Waals surface area contributed by atoms with Crippen LogP contribution in [0.15, 0.2) is 30.6 Å². The number of ketones is 1. The molecule has 0 bridgehead atoms. The maximum absolute atomic E-state index is 11.8. The molecule has 3 nitrogen and oxygen atoms in total. The molecule has 0 saturated carbocycles. The maximum Gasteiger partial charge on any atom is 0.242 e. The summed E-state index contributed by atoms with van der Waals surface area (Å²) in [5.74, 6) is 0.760. The standard InChI is InChI=1S/C14H21NO2Si/c1-5-7-13(16)10-14(17-18(2,3)4)12-8-6-9-15-11-12/h6,8-11H,5,7H2,1-4H3/b14-10+. The highest BCUT2D eigenvalue weighted by Crippen LogP contribution is 2.20. The van der Waals surface area contributed by atoms with Gasteiger partial charge in [-0.25, -0.2) is 0 Å². The Morgan fingerprint density at radius 3 is 2.67 bits per heavy atom. The highest BCUT2D eigenvalue weighted by molar-refractivity contribution is 6.70. The summed E-state index contributed by atoms with van der Waals surface area (Å²) in [5, 5.41) is 0. The third-order valence-electron chi connectivity index (χ3n) is 2.15. The second-order valence-corrected chi connectivity index (χ2v) is 9.61. The molecule has 18 heavy (non-hydrogen) atoms. The Morgan fingerprint density at radius 1 is 1.44 bits per heavy atom. The van der Waals surface area contributed by atoms with Crippen LogP contribution >= 0.6 is 0 Å². The third-order valence-corrected chi connectivity index (χ3v) is 2.98. The molecule has 0 spiro atoms. The highest BCUT2D eigenvalue weighted by atomic mass is 28.4.